The molecule has 0 aromatic heterocycles. The first-order valence-electron chi connectivity index (χ1n) is 13.0. The Morgan fingerprint density at radius 1 is 0.429 bits per heavy atom. The van der Waals surface area contributed by atoms with Gasteiger partial charge in [-0.3, -0.25) is 0 Å². The fraction of sp³-hybridized carbons (Fsp3) is 0.438. The van der Waals surface area contributed by atoms with Gasteiger partial charge in [0.1, 0.15) is 19.6 Å². The lowest BCUT2D eigenvalue weighted by Gasteiger charge is -2.46. The van der Waals surface area contributed by atoms with E-state index in [2.05, 4.69) is 118 Å². The Morgan fingerprint density at radius 3 is 0.971 bits per heavy atom. The average molecular weight is 471 g/mol. The number of quaternary nitrogens is 3. The second-order valence-electron chi connectivity index (χ2n) is 14.0. The van der Waals surface area contributed by atoms with Gasteiger partial charge < -0.3 is 13.4 Å². The lowest BCUT2D eigenvalue weighted by Crippen LogP contribution is -2.38. The molecule has 0 aliphatic heterocycles. The number of hydrogen-bond donors (Lipinski definition) is 0. The number of hydrogen-bond acceptors (Lipinski definition) is 0. The first-order valence-corrected chi connectivity index (χ1v) is 13.0. The summed E-state index contributed by atoms with van der Waals surface area (Å²) < 4.78 is 2.82. The van der Waals surface area contributed by atoms with Gasteiger partial charge in [0.15, 0.2) is 0 Å². The van der Waals surface area contributed by atoms with Crippen molar-refractivity contribution in [2.75, 3.05) is 63.4 Å². The van der Waals surface area contributed by atoms with Gasteiger partial charge in [-0.1, -0.05) is 54.6 Å². The molecule has 0 saturated heterocycles. The fourth-order valence-corrected chi connectivity index (χ4v) is 6.59. The van der Waals surface area contributed by atoms with Crippen LogP contribution in [0, 0.1) is 0 Å². The smallest absolute Gasteiger partial charge is 0.104 e. The van der Waals surface area contributed by atoms with Gasteiger partial charge in [0.2, 0.25) is 0 Å². The average Bonchev–Trinajstić information content (AvgIpc) is 2.70. The van der Waals surface area contributed by atoms with Crippen LogP contribution in [-0.4, -0.2) is 76.9 Å². The third-order valence-corrected chi connectivity index (χ3v) is 7.42. The minimum absolute atomic E-state index is 0.313. The first kappa shape index (κ1) is 24.2. The molecule has 3 nitrogen and oxygen atoms in total. The summed E-state index contributed by atoms with van der Waals surface area (Å²) in [7, 11) is 20.8. The first-order chi connectivity index (χ1) is 16.2. The molecular weight excluding hydrogens is 426 g/mol. The SMILES string of the molecule is C[N+](C)(C)Cc1cccc2c1C1c3c(C[N+](C)(C)C)cccc3C2c2cccc(C[N+](C)(C)C)c21. The molecular formula is C32H44N3+3. The predicted octanol–water partition coefficient (Wildman–Crippen LogP) is 5.29. The largest absolute Gasteiger partial charge is 0.327 e. The summed E-state index contributed by atoms with van der Waals surface area (Å²) >= 11 is 0. The highest BCUT2D eigenvalue weighted by molar-refractivity contribution is 5.71. The van der Waals surface area contributed by atoms with Crippen molar-refractivity contribution >= 4 is 0 Å². The van der Waals surface area contributed by atoms with Crippen LogP contribution in [0.4, 0.5) is 0 Å². The molecule has 0 heterocycles. The molecule has 184 valence electrons. The third kappa shape index (κ3) is 4.46. The molecule has 0 N–H and O–H groups in total. The summed E-state index contributed by atoms with van der Waals surface area (Å²) in [6.07, 6.45) is 0. The van der Waals surface area contributed by atoms with Crippen LogP contribution < -0.4 is 0 Å². The molecule has 0 unspecified atom stereocenters. The van der Waals surface area contributed by atoms with Crippen molar-refractivity contribution in [2.24, 2.45) is 0 Å². The van der Waals surface area contributed by atoms with Gasteiger partial charge in [0.25, 0.3) is 0 Å². The Balaban J connectivity index is 1.82. The standard InChI is InChI=1S/C32H44N3/c1-33(2,3)19-22-13-10-16-25-28(22)32-29-23(20-34(4,5)6)14-11-17-26(29)31(25)27-18-12-15-24(30(27)32)21-35(7,8)9/h10-18,31-32H,19-21H2,1-9H3/q+3. The van der Waals surface area contributed by atoms with Crippen LogP contribution >= 0.6 is 0 Å². The van der Waals surface area contributed by atoms with Crippen molar-refractivity contribution in [3.63, 3.8) is 0 Å². The number of benzene rings is 3. The lowest BCUT2D eigenvalue weighted by molar-refractivity contribution is -0.884. The normalized spacial score (nSPS) is 18.8. The molecule has 3 heteroatoms. The van der Waals surface area contributed by atoms with Crippen molar-refractivity contribution in [3.8, 4) is 0 Å². The van der Waals surface area contributed by atoms with Gasteiger partial charge in [-0.2, -0.15) is 0 Å². The Labute approximate surface area is 213 Å². The van der Waals surface area contributed by atoms with Crippen LogP contribution in [0.25, 0.3) is 0 Å². The number of nitrogens with zero attached hydrogens (tertiary/aromatic N) is 3. The van der Waals surface area contributed by atoms with Gasteiger partial charge in [0, 0.05) is 28.5 Å². The molecule has 3 aromatic rings. The lowest BCUT2D eigenvalue weighted by atomic mass is 9.58. The zero-order chi connectivity index (χ0) is 25.3. The van der Waals surface area contributed by atoms with Crippen molar-refractivity contribution in [1.82, 2.24) is 0 Å². The van der Waals surface area contributed by atoms with E-state index in [4.69, 9.17) is 0 Å². The summed E-state index contributed by atoms with van der Waals surface area (Å²) in [5.41, 5.74) is 13.9. The monoisotopic (exact) mass is 470 g/mol. The second kappa shape index (κ2) is 8.03. The van der Waals surface area contributed by atoms with Gasteiger partial charge >= 0.3 is 0 Å². The highest BCUT2D eigenvalue weighted by atomic mass is 15.3. The van der Waals surface area contributed by atoms with Gasteiger partial charge in [0.05, 0.1) is 63.4 Å². The van der Waals surface area contributed by atoms with Crippen molar-refractivity contribution in [3.05, 3.63) is 105 Å². The van der Waals surface area contributed by atoms with E-state index >= 15 is 0 Å². The van der Waals surface area contributed by atoms with E-state index in [1.165, 1.54) is 33.4 Å². The molecule has 0 amide bonds. The summed E-state index contributed by atoms with van der Waals surface area (Å²) in [5, 5.41) is 0. The Kier molecular flexibility index (Phi) is 5.56. The quantitative estimate of drug-likeness (QED) is 0.296. The van der Waals surface area contributed by atoms with E-state index in [1.807, 2.05) is 0 Å². The topological polar surface area (TPSA) is 0 Å². The van der Waals surface area contributed by atoms with Crippen LogP contribution in [0.15, 0.2) is 54.6 Å². The molecule has 2 bridgehead atoms. The molecule has 6 rings (SSSR count). The summed E-state index contributed by atoms with van der Waals surface area (Å²) in [6.45, 7) is 3.14. The summed E-state index contributed by atoms with van der Waals surface area (Å²) in [4.78, 5) is 0. The van der Waals surface area contributed by atoms with E-state index in [9.17, 15) is 0 Å². The molecule has 3 aliphatic carbocycles. The highest BCUT2D eigenvalue weighted by Crippen LogP contribution is 2.58. The molecule has 0 atom stereocenters. The van der Waals surface area contributed by atoms with E-state index in [1.54, 1.807) is 16.7 Å². The van der Waals surface area contributed by atoms with Crippen LogP contribution in [0.3, 0.4) is 0 Å². The minimum atomic E-state index is 0.313. The van der Waals surface area contributed by atoms with E-state index in [0.29, 0.717) is 11.8 Å². The summed E-state index contributed by atoms with van der Waals surface area (Å²) in [5.74, 6) is 0.639. The van der Waals surface area contributed by atoms with E-state index in [0.717, 1.165) is 33.1 Å². The maximum Gasteiger partial charge on any atom is 0.104 e. The Hall–Kier alpha value is -2.46. The molecule has 0 radical (unpaired) electrons. The highest BCUT2D eigenvalue weighted by Gasteiger charge is 2.45. The number of rotatable bonds is 6. The van der Waals surface area contributed by atoms with Gasteiger partial charge in [-0.15, -0.1) is 0 Å². The summed E-state index contributed by atoms with van der Waals surface area (Å²) in [6, 6.07) is 21.3. The molecule has 0 fully saturated rings. The van der Waals surface area contributed by atoms with Crippen molar-refractivity contribution in [1.29, 1.82) is 0 Å². The molecule has 35 heavy (non-hydrogen) atoms. The zero-order valence-corrected chi connectivity index (χ0v) is 23.3. The predicted molar refractivity (Wildman–Crippen MR) is 146 cm³/mol. The maximum atomic E-state index is 2.41. The third-order valence-electron chi connectivity index (χ3n) is 7.42. The Bertz CT molecular complexity index is 1120. The van der Waals surface area contributed by atoms with E-state index in [-0.39, 0.29) is 0 Å². The molecule has 0 spiro atoms. The van der Waals surface area contributed by atoms with Gasteiger partial charge in [-0.25, -0.2) is 0 Å². The second-order valence-corrected chi connectivity index (χ2v) is 14.0. The Morgan fingerprint density at radius 2 is 0.714 bits per heavy atom. The van der Waals surface area contributed by atoms with Crippen LogP contribution in [0.2, 0.25) is 0 Å². The van der Waals surface area contributed by atoms with E-state index < -0.39 is 0 Å². The maximum absolute atomic E-state index is 2.41. The molecule has 3 aromatic carbocycles. The van der Waals surface area contributed by atoms with Gasteiger partial charge in [-0.05, 0) is 33.4 Å². The van der Waals surface area contributed by atoms with Crippen molar-refractivity contribution < 1.29 is 13.4 Å². The van der Waals surface area contributed by atoms with Crippen LogP contribution in [0.5, 0.6) is 0 Å². The zero-order valence-electron chi connectivity index (χ0n) is 23.3. The fourth-order valence-electron chi connectivity index (χ4n) is 6.59. The van der Waals surface area contributed by atoms with Crippen molar-refractivity contribution in [2.45, 2.75) is 31.5 Å². The van der Waals surface area contributed by atoms with Crippen LogP contribution in [0.1, 0.15) is 61.9 Å². The molecule has 3 aliphatic rings. The molecule has 0 saturated carbocycles. The van der Waals surface area contributed by atoms with Crippen LogP contribution in [-0.2, 0) is 19.6 Å². The minimum Gasteiger partial charge on any atom is -0.327 e.